The van der Waals surface area contributed by atoms with Crippen LogP contribution in [0.4, 0.5) is 0 Å². The van der Waals surface area contributed by atoms with Gasteiger partial charge < -0.3 is 4.90 Å². The van der Waals surface area contributed by atoms with Crippen LogP contribution in [0.5, 0.6) is 0 Å². The molecule has 1 saturated heterocycles. The second-order valence-electron chi connectivity index (χ2n) is 5.90. The van der Waals surface area contributed by atoms with Crippen LogP contribution in [0.1, 0.15) is 38.3 Å². The molecular weight excluding hydrogens is 304 g/mol. The van der Waals surface area contributed by atoms with Gasteiger partial charge >= 0.3 is 0 Å². The fourth-order valence-corrected chi connectivity index (χ4v) is 3.17. The maximum atomic E-state index is 5.49. The van der Waals surface area contributed by atoms with Crippen molar-refractivity contribution < 1.29 is 0 Å². The van der Waals surface area contributed by atoms with Gasteiger partial charge in [-0.2, -0.15) is 5.10 Å². The van der Waals surface area contributed by atoms with Crippen LogP contribution in [0.3, 0.4) is 0 Å². The van der Waals surface area contributed by atoms with Gasteiger partial charge in [-0.15, -0.1) is 0 Å². The van der Waals surface area contributed by atoms with E-state index in [1.807, 2.05) is 31.3 Å². The number of thiocarbonyl (C=S) groups is 1. The van der Waals surface area contributed by atoms with Gasteiger partial charge in [0.15, 0.2) is 5.11 Å². The molecule has 0 unspecified atom stereocenters. The van der Waals surface area contributed by atoms with Gasteiger partial charge in [0, 0.05) is 24.7 Å². The number of nitrogens with one attached hydrogen (secondary N) is 1. The smallest absolute Gasteiger partial charge is 0.189 e. The third-order valence-corrected chi connectivity index (χ3v) is 4.58. The highest BCUT2D eigenvalue weighted by Crippen LogP contribution is 2.17. The molecule has 3 rings (SSSR count). The van der Waals surface area contributed by atoms with Crippen molar-refractivity contribution in [2.24, 2.45) is 5.10 Å². The van der Waals surface area contributed by atoms with E-state index in [2.05, 4.69) is 32.5 Å². The zero-order chi connectivity index (χ0) is 16.1. The Hall–Kier alpha value is -2.01. The molecule has 0 atom stereocenters. The highest BCUT2D eigenvalue weighted by Gasteiger charge is 2.12. The van der Waals surface area contributed by atoms with Gasteiger partial charge in [-0.3, -0.25) is 10.4 Å². The van der Waals surface area contributed by atoms with Crippen LogP contribution in [0.2, 0.25) is 0 Å². The first-order valence-corrected chi connectivity index (χ1v) is 8.60. The molecule has 0 bridgehead atoms. The number of nitrogens with zero attached hydrogens (tertiary/aromatic N) is 3. The average molecular weight is 326 g/mol. The molecule has 1 aliphatic rings. The molecule has 1 aromatic heterocycles. The molecule has 2 heterocycles. The molecule has 1 aliphatic heterocycles. The van der Waals surface area contributed by atoms with Crippen molar-refractivity contribution >= 4 is 33.8 Å². The maximum Gasteiger partial charge on any atom is 0.189 e. The molecule has 2 aromatic rings. The van der Waals surface area contributed by atoms with E-state index < -0.39 is 0 Å². The predicted octanol–water partition coefficient (Wildman–Crippen LogP) is 3.71. The van der Waals surface area contributed by atoms with E-state index in [-0.39, 0.29) is 0 Å². The van der Waals surface area contributed by atoms with E-state index in [9.17, 15) is 0 Å². The van der Waals surface area contributed by atoms with Crippen LogP contribution < -0.4 is 5.43 Å². The van der Waals surface area contributed by atoms with Gasteiger partial charge in [-0.25, -0.2) is 0 Å². The number of benzene rings is 1. The summed E-state index contributed by atoms with van der Waals surface area (Å²) in [5, 5.41) is 7.46. The number of hydrazone groups is 1. The zero-order valence-electron chi connectivity index (χ0n) is 13.5. The summed E-state index contributed by atoms with van der Waals surface area (Å²) in [5.74, 6) is 0. The molecular formula is C18H22N4S. The summed E-state index contributed by atoms with van der Waals surface area (Å²) in [5.41, 5.74) is 4.79. The van der Waals surface area contributed by atoms with Crippen molar-refractivity contribution in [3.05, 3.63) is 42.2 Å². The number of fused-ring (bicyclic) bond motifs is 1. The van der Waals surface area contributed by atoms with E-state index in [1.165, 1.54) is 31.1 Å². The summed E-state index contributed by atoms with van der Waals surface area (Å²) in [6.45, 7) is 4.01. The second-order valence-corrected chi connectivity index (χ2v) is 6.28. The highest BCUT2D eigenvalue weighted by molar-refractivity contribution is 7.80. The van der Waals surface area contributed by atoms with Crippen molar-refractivity contribution in [1.82, 2.24) is 15.3 Å². The summed E-state index contributed by atoms with van der Waals surface area (Å²) in [4.78, 5) is 6.70. The summed E-state index contributed by atoms with van der Waals surface area (Å²) < 4.78 is 0. The van der Waals surface area contributed by atoms with Gasteiger partial charge in [0.25, 0.3) is 0 Å². The largest absolute Gasteiger partial charge is 0.348 e. The Balaban J connectivity index is 1.75. The summed E-state index contributed by atoms with van der Waals surface area (Å²) in [7, 11) is 0. The number of likely N-dealkylation sites (tertiary alicyclic amines) is 1. The van der Waals surface area contributed by atoms with Crippen LogP contribution in [-0.2, 0) is 0 Å². The molecule has 120 valence electrons. The Labute approximate surface area is 142 Å². The van der Waals surface area contributed by atoms with E-state index in [4.69, 9.17) is 12.2 Å². The van der Waals surface area contributed by atoms with Crippen molar-refractivity contribution in [2.75, 3.05) is 13.1 Å². The second kappa shape index (κ2) is 7.51. The van der Waals surface area contributed by atoms with Gasteiger partial charge in [-0.1, -0.05) is 37.1 Å². The SMILES string of the molecule is C/C(=N/NC(=S)N1CCCCCC1)c1nccc2ccccc12. The minimum absolute atomic E-state index is 0.714. The molecule has 0 aliphatic carbocycles. The van der Waals surface area contributed by atoms with E-state index in [0.29, 0.717) is 5.11 Å². The summed E-state index contributed by atoms with van der Waals surface area (Å²) in [6, 6.07) is 10.2. The van der Waals surface area contributed by atoms with E-state index in [1.54, 1.807) is 0 Å². The first kappa shape index (κ1) is 15.9. The highest BCUT2D eigenvalue weighted by atomic mass is 32.1. The standard InChI is InChI=1S/C18H22N4S/c1-14(17-16-9-5-4-8-15(16)10-11-19-17)20-21-18(23)22-12-6-2-3-7-13-22/h4-5,8-11H,2-3,6-7,12-13H2,1H3,(H,21,23)/b20-14-. The summed E-state index contributed by atoms with van der Waals surface area (Å²) >= 11 is 5.49. The minimum Gasteiger partial charge on any atom is -0.348 e. The lowest BCUT2D eigenvalue weighted by molar-refractivity contribution is 0.428. The third kappa shape index (κ3) is 3.85. The molecule has 1 aromatic carbocycles. The van der Waals surface area contributed by atoms with Gasteiger partial charge in [-0.05, 0) is 43.4 Å². The quantitative estimate of drug-likeness (QED) is 0.519. The fourth-order valence-electron chi connectivity index (χ4n) is 2.94. The number of rotatable bonds is 2. The summed E-state index contributed by atoms with van der Waals surface area (Å²) in [6.07, 6.45) is 6.82. The Bertz CT molecular complexity index is 713. The molecule has 1 fully saturated rings. The minimum atomic E-state index is 0.714. The first-order chi connectivity index (χ1) is 11.3. The third-order valence-electron chi connectivity index (χ3n) is 4.23. The Kier molecular flexibility index (Phi) is 5.18. The maximum absolute atomic E-state index is 5.49. The van der Waals surface area contributed by atoms with Gasteiger partial charge in [0.05, 0.1) is 11.4 Å². The molecule has 0 spiro atoms. The number of hydrogen-bond acceptors (Lipinski definition) is 3. The van der Waals surface area contributed by atoms with Crippen molar-refractivity contribution in [3.63, 3.8) is 0 Å². The molecule has 23 heavy (non-hydrogen) atoms. The molecule has 0 amide bonds. The predicted molar refractivity (Wildman–Crippen MR) is 99.7 cm³/mol. The van der Waals surface area contributed by atoms with E-state index in [0.717, 1.165) is 29.9 Å². The van der Waals surface area contributed by atoms with Crippen molar-refractivity contribution in [2.45, 2.75) is 32.6 Å². The molecule has 0 saturated carbocycles. The molecule has 5 heteroatoms. The van der Waals surface area contributed by atoms with Crippen molar-refractivity contribution in [3.8, 4) is 0 Å². The fraction of sp³-hybridized carbons (Fsp3) is 0.389. The number of hydrogen-bond donors (Lipinski definition) is 1. The lowest BCUT2D eigenvalue weighted by atomic mass is 10.1. The Morgan fingerprint density at radius 2 is 1.87 bits per heavy atom. The zero-order valence-corrected chi connectivity index (χ0v) is 14.3. The molecule has 4 nitrogen and oxygen atoms in total. The van der Waals surface area contributed by atoms with E-state index >= 15 is 0 Å². The first-order valence-electron chi connectivity index (χ1n) is 8.19. The van der Waals surface area contributed by atoms with Crippen LogP contribution >= 0.6 is 12.2 Å². The van der Waals surface area contributed by atoms with Gasteiger partial charge in [0.1, 0.15) is 0 Å². The number of aromatic nitrogens is 1. The van der Waals surface area contributed by atoms with Gasteiger partial charge in [0.2, 0.25) is 0 Å². The lowest BCUT2D eigenvalue weighted by Gasteiger charge is -2.22. The lowest BCUT2D eigenvalue weighted by Crippen LogP contribution is -2.38. The Morgan fingerprint density at radius 1 is 1.13 bits per heavy atom. The Morgan fingerprint density at radius 3 is 2.65 bits per heavy atom. The molecule has 0 radical (unpaired) electrons. The topological polar surface area (TPSA) is 40.5 Å². The number of pyridine rings is 1. The van der Waals surface area contributed by atoms with Crippen molar-refractivity contribution in [1.29, 1.82) is 0 Å². The normalized spacial score (nSPS) is 16.2. The van der Waals surface area contributed by atoms with Crippen LogP contribution in [-0.4, -0.2) is 33.8 Å². The van der Waals surface area contributed by atoms with Crippen LogP contribution in [0.25, 0.3) is 10.8 Å². The molecule has 1 N–H and O–H groups in total. The monoisotopic (exact) mass is 326 g/mol. The van der Waals surface area contributed by atoms with Crippen LogP contribution in [0, 0.1) is 0 Å². The average Bonchev–Trinajstić information content (AvgIpc) is 2.88. The van der Waals surface area contributed by atoms with Crippen LogP contribution in [0.15, 0.2) is 41.6 Å².